The van der Waals surface area contributed by atoms with Gasteiger partial charge in [0.1, 0.15) is 0 Å². The van der Waals surface area contributed by atoms with Gasteiger partial charge in [0.05, 0.1) is 11.6 Å². The second kappa shape index (κ2) is 10.8. The molecule has 0 saturated carbocycles. The number of rotatable bonds is 9. The molecule has 28 heavy (non-hydrogen) atoms. The molecule has 1 aromatic carbocycles. The molecule has 1 amide bonds. The fourth-order valence-corrected chi connectivity index (χ4v) is 3.83. The minimum atomic E-state index is -3.45. The maximum atomic E-state index is 12.2. The molecule has 0 aliphatic heterocycles. The standard InChI is InChI=1S/C19H29ClNO6P/c1-12(2)17(22)26-18(13(3)4)27-19(23)21-11-10-16(28(5,24)25)14-6-8-15(20)9-7-14/h6-9,12-13,16,18H,10-11H2,1-5H3,(H,21,23)(H,24,25)/t16-,18?/m0/s1. The minimum Gasteiger partial charge on any atom is -0.425 e. The Morgan fingerprint density at radius 2 is 1.71 bits per heavy atom. The zero-order valence-electron chi connectivity index (χ0n) is 16.8. The maximum Gasteiger partial charge on any atom is 0.410 e. The highest BCUT2D eigenvalue weighted by molar-refractivity contribution is 7.57. The molecule has 0 radical (unpaired) electrons. The Morgan fingerprint density at radius 3 is 2.18 bits per heavy atom. The van der Waals surface area contributed by atoms with Crippen LogP contribution in [0, 0.1) is 11.8 Å². The monoisotopic (exact) mass is 433 g/mol. The molecule has 158 valence electrons. The summed E-state index contributed by atoms with van der Waals surface area (Å²) in [6.07, 6.45) is -1.52. The summed E-state index contributed by atoms with van der Waals surface area (Å²) in [7, 11) is -3.45. The molecule has 1 aromatic rings. The van der Waals surface area contributed by atoms with Crippen molar-refractivity contribution in [1.29, 1.82) is 0 Å². The lowest BCUT2D eigenvalue weighted by atomic mass is 10.1. The summed E-state index contributed by atoms with van der Waals surface area (Å²) in [5, 5.41) is 3.07. The Bertz CT molecular complexity index is 701. The lowest BCUT2D eigenvalue weighted by Gasteiger charge is -2.23. The van der Waals surface area contributed by atoms with E-state index in [1.807, 2.05) is 0 Å². The summed E-state index contributed by atoms with van der Waals surface area (Å²) < 4.78 is 22.6. The molecular formula is C19H29ClNO6P. The number of nitrogens with one attached hydrogen (secondary N) is 1. The van der Waals surface area contributed by atoms with Gasteiger partial charge in [-0.25, -0.2) is 4.79 Å². The van der Waals surface area contributed by atoms with Gasteiger partial charge in [-0.1, -0.05) is 51.4 Å². The van der Waals surface area contributed by atoms with Crippen LogP contribution in [0.1, 0.15) is 45.3 Å². The van der Waals surface area contributed by atoms with E-state index in [-0.39, 0.29) is 24.8 Å². The van der Waals surface area contributed by atoms with Crippen LogP contribution in [0.4, 0.5) is 4.79 Å². The number of alkyl carbamates (subject to hydrolysis) is 1. The molecule has 0 spiro atoms. The molecule has 1 rings (SSSR count). The zero-order chi connectivity index (χ0) is 21.5. The van der Waals surface area contributed by atoms with Gasteiger partial charge in [-0.15, -0.1) is 0 Å². The molecule has 0 fully saturated rings. The number of benzene rings is 1. The summed E-state index contributed by atoms with van der Waals surface area (Å²) in [6, 6.07) is 6.69. The van der Waals surface area contributed by atoms with Crippen molar-refractivity contribution in [3.63, 3.8) is 0 Å². The Hall–Kier alpha value is -1.56. The van der Waals surface area contributed by atoms with Crippen molar-refractivity contribution in [2.45, 2.75) is 46.1 Å². The average Bonchev–Trinajstić information content (AvgIpc) is 2.57. The third-order valence-corrected chi connectivity index (χ3v) is 5.96. The summed E-state index contributed by atoms with van der Waals surface area (Å²) in [4.78, 5) is 33.8. The van der Waals surface area contributed by atoms with Gasteiger partial charge in [-0.05, 0) is 24.1 Å². The maximum absolute atomic E-state index is 12.2. The fourth-order valence-electron chi connectivity index (χ4n) is 2.37. The first-order chi connectivity index (χ1) is 12.9. The van der Waals surface area contributed by atoms with Crippen molar-refractivity contribution in [2.24, 2.45) is 11.8 Å². The van der Waals surface area contributed by atoms with Crippen molar-refractivity contribution >= 4 is 31.0 Å². The smallest absolute Gasteiger partial charge is 0.410 e. The summed E-state index contributed by atoms with van der Waals surface area (Å²) >= 11 is 5.86. The number of esters is 1. The molecule has 0 aliphatic carbocycles. The molecule has 0 bridgehead atoms. The second-order valence-electron chi connectivity index (χ2n) is 7.34. The Balaban J connectivity index is 2.65. The quantitative estimate of drug-likeness (QED) is 0.336. The Kier molecular flexibility index (Phi) is 9.48. The highest BCUT2D eigenvalue weighted by atomic mass is 35.5. The van der Waals surface area contributed by atoms with E-state index in [0.29, 0.717) is 10.6 Å². The van der Waals surface area contributed by atoms with Crippen LogP contribution in [0.25, 0.3) is 0 Å². The Morgan fingerprint density at radius 1 is 1.14 bits per heavy atom. The van der Waals surface area contributed by atoms with E-state index in [9.17, 15) is 19.0 Å². The molecule has 2 N–H and O–H groups in total. The lowest BCUT2D eigenvalue weighted by Crippen LogP contribution is -2.36. The normalized spacial score (nSPS) is 15.6. The van der Waals surface area contributed by atoms with Gasteiger partial charge in [0.25, 0.3) is 6.29 Å². The Labute approximate surface area is 171 Å². The van der Waals surface area contributed by atoms with Crippen LogP contribution in [-0.2, 0) is 18.8 Å². The average molecular weight is 434 g/mol. The SMILES string of the molecule is CC(C)C(=O)OC(OC(=O)NCC[C@@H](c1ccc(Cl)cc1)P(C)(=O)O)C(C)C. The first-order valence-electron chi connectivity index (χ1n) is 9.12. The number of carbonyl (C=O) groups excluding carboxylic acids is 2. The van der Waals surface area contributed by atoms with Crippen LogP contribution < -0.4 is 5.32 Å². The van der Waals surface area contributed by atoms with Crippen LogP contribution in [0.2, 0.25) is 5.02 Å². The van der Waals surface area contributed by atoms with Crippen molar-refractivity contribution in [1.82, 2.24) is 5.32 Å². The van der Waals surface area contributed by atoms with Gasteiger partial charge in [-0.3, -0.25) is 9.36 Å². The summed E-state index contributed by atoms with van der Waals surface area (Å²) in [5.41, 5.74) is 0.0172. The molecule has 9 heteroatoms. The van der Waals surface area contributed by atoms with Crippen LogP contribution in [0.3, 0.4) is 0 Å². The van der Waals surface area contributed by atoms with Crippen molar-refractivity contribution in [3.8, 4) is 0 Å². The molecule has 7 nitrogen and oxygen atoms in total. The van der Waals surface area contributed by atoms with E-state index in [4.69, 9.17) is 21.1 Å². The lowest BCUT2D eigenvalue weighted by molar-refractivity contribution is -0.178. The number of ether oxygens (including phenoxy) is 2. The predicted octanol–water partition coefficient (Wildman–Crippen LogP) is 4.58. The number of halogens is 1. The largest absolute Gasteiger partial charge is 0.425 e. The summed E-state index contributed by atoms with van der Waals surface area (Å²) in [6.45, 7) is 8.31. The third-order valence-electron chi connectivity index (χ3n) is 3.99. The molecule has 0 aliphatic rings. The number of hydrogen-bond acceptors (Lipinski definition) is 5. The zero-order valence-corrected chi connectivity index (χ0v) is 18.5. The number of carbonyl (C=O) groups is 2. The van der Waals surface area contributed by atoms with E-state index in [2.05, 4.69) is 5.32 Å². The van der Waals surface area contributed by atoms with Gasteiger partial charge in [0.2, 0.25) is 7.37 Å². The molecule has 3 atom stereocenters. The highest BCUT2D eigenvalue weighted by Gasteiger charge is 2.28. The van der Waals surface area contributed by atoms with Crippen molar-refractivity contribution < 1.29 is 28.5 Å². The molecule has 0 heterocycles. The molecule has 0 aromatic heterocycles. The summed E-state index contributed by atoms with van der Waals surface area (Å²) in [5.74, 6) is -1.01. The first kappa shape index (κ1) is 24.5. The van der Waals surface area contributed by atoms with Crippen LogP contribution in [-0.4, -0.2) is 36.5 Å². The first-order valence-corrected chi connectivity index (χ1v) is 11.7. The minimum absolute atomic E-state index is 0.119. The van der Waals surface area contributed by atoms with E-state index >= 15 is 0 Å². The van der Waals surface area contributed by atoms with Gasteiger partial charge in [0.15, 0.2) is 0 Å². The molecule has 2 unspecified atom stereocenters. The van der Waals surface area contributed by atoms with Gasteiger partial charge in [-0.2, -0.15) is 0 Å². The fraction of sp³-hybridized carbons (Fsp3) is 0.579. The van der Waals surface area contributed by atoms with Crippen molar-refractivity contribution in [3.05, 3.63) is 34.9 Å². The highest BCUT2D eigenvalue weighted by Crippen LogP contribution is 2.54. The third kappa shape index (κ3) is 8.21. The van der Waals surface area contributed by atoms with E-state index < -0.39 is 31.4 Å². The van der Waals surface area contributed by atoms with Crippen LogP contribution in [0.15, 0.2) is 24.3 Å². The van der Waals surface area contributed by atoms with Crippen LogP contribution >= 0.6 is 19.0 Å². The van der Waals surface area contributed by atoms with Gasteiger partial charge >= 0.3 is 12.1 Å². The van der Waals surface area contributed by atoms with E-state index in [0.717, 1.165) is 0 Å². The van der Waals surface area contributed by atoms with Gasteiger partial charge < -0.3 is 19.7 Å². The van der Waals surface area contributed by atoms with E-state index in [1.54, 1.807) is 52.0 Å². The second-order valence-corrected chi connectivity index (χ2v) is 10.3. The number of hydrogen-bond donors (Lipinski definition) is 2. The topological polar surface area (TPSA) is 102 Å². The molecule has 0 saturated heterocycles. The molecular weight excluding hydrogens is 405 g/mol. The van der Waals surface area contributed by atoms with Gasteiger partial charge in [0, 0.05) is 24.2 Å². The number of amides is 1. The van der Waals surface area contributed by atoms with Crippen LogP contribution in [0.5, 0.6) is 0 Å². The van der Waals surface area contributed by atoms with Crippen molar-refractivity contribution in [2.75, 3.05) is 13.2 Å². The van der Waals surface area contributed by atoms with E-state index in [1.165, 1.54) is 6.66 Å². The predicted molar refractivity (Wildman–Crippen MR) is 109 cm³/mol.